The fourth-order valence-corrected chi connectivity index (χ4v) is 1.80. The summed E-state index contributed by atoms with van der Waals surface area (Å²) in [6.45, 7) is 1.69. The lowest BCUT2D eigenvalue weighted by Crippen LogP contribution is -2.33. The summed E-state index contributed by atoms with van der Waals surface area (Å²) >= 11 is 5.81. The van der Waals surface area contributed by atoms with Gasteiger partial charge in [-0.3, -0.25) is 0 Å². The third kappa shape index (κ3) is 2.69. The van der Waals surface area contributed by atoms with E-state index in [9.17, 15) is 0 Å². The minimum atomic E-state index is -0.0532. The van der Waals surface area contributed by atoms with Gasteiger partial charge in [-0.25, -0.2) is 0 Å². The van der Waals surface area contributed by atoms with Crippen LogP contribution < -0.4 is 5.73 Å². The maximum Gasteiger partial charge on any atom is 0.146 e. The molecule has 1 fully saturated rings. The average Bonchev–Trinajstić information content (AvgIpc) is 2.30. The van der Waals surface area contributed by atoms with Crippen molar-refractivity contribution in [2.24, 2.45) is 11.7 Å². The Bertz CT molecular complexity index is 309. The van der Waals surface area contributed by atoms with Crippen LogP contribution in [0, 0.1) is 5.92 Å². The van der Waals surface area contributed by atoms with Gasteiger partial charge in [-0.1, -0.05) is 23.7 Å². The highest BCUT2D eigenvalue weighted by molar-refractivity contribution is 6.30. The molecule has 1 atom stereocenters. The summed E-state index contributed by atoms with van der Waals surface area (Å²) in [6.07, 6.45) is 0. The zero-order chi connectivity index (χ0) is 10.7. The van der Waals surface area contributed by atoms with E-state index in [1.165, 1.54) is 0 Å². The molecule has 1 heterocycles. The zero-order valence-electron chi connectivity index (χ0n) is 8.36. The van der Waals surface area contributed by atoms with E-state index in [4.69, 9.17) is 26.8 Å². The molecule has 1 aromatic rings. The first-order valence-electron chi connectivity index (χ1n) is 4.94. The molecule has 0 aliphatic carbocycles. The van der Waals surface area contributed by atoms with Crippen LogP contribution in [0.25, 0.3) is 0 Å². The number of rotatable bonds is 2. The Morgan fingerprint density at radius 2 is 1.80 bits per heavy atom. The number of hydrogen-bond donors (Lipinski definition) is 1. The Morgan fingerprint density at radius 3 is 2.40 bits per heavy atom. The molecule has 2 N–H and O–H groups in total. The van der Waals surface area contributed by atoms with Crippen molar-refractivity contribution in [3.63, 3.8) is 0 Å². The molecule has 1 saturated heterocycles. The van der Waals surface area contributed by atoms with Gasteiger partial charge >= 0.3 is 0 Å². The van der Waals surface area contributed by atoms with Crippen LogP contribution in [0.4, 0.5) is 0 Å². The van der Waals surface area contributed by atoms with Gasteiger partial charge in [-0.05, 0) is 17.7 Å². The summed E-state index contributed by atoms with van der Waals surface area (Å²) < 4.78 is 10.4. The predicted molar refractivity (Wildman–Crippen MR) is 58.6 cm³/mol. The molecule has 82 valence electrons. The first kappa shape index (κ1) is 10.9. The summed E-state index contributed by atoms with van der Waals surface area (Å²) in [5.74, 6) is 0.222. The van der Waals surface area contributed by atoms with Crippen molar-refractivity contribution in [3.05, 3.63) is 34.9 Å². The minimum absolute atomic E-state index is 0.0532. The normalized spacial score (nSPS) is 20.1. The fourth-order valence-electron chi connectivity index (χ4n) is 1.67. The minimum Gasteiger partial charge on any atom is -0.355 e. The van der Waals surface area contributed by atoms with Crippen molar-refractivity contribution in [1.82, 2.24) is 0 Å². The molecule has 0 spiro atoms. The first-order valence-corrected chi connectivity index (χ1v) is 5.31. The van der Waals surface area contributed by atoms with E-state index in [2.05, 4.69) is 0 Å². The molecule has 1 unspecified atom stereocenters. The lowest BCUT2D eigenvalue weighted by molar-refractivity contribution is -0.130. The Hall–Kier alpha value is -0.610. The largest absolute Gasteiger partial charge is 0.355 e. The van der Waals surface area contributed by atoms with E-state index in [1.54, 1.807) is 0 Å². The maximum absolute atomic E-state index is 6.12. The van der Waals surface area contributed by atoms with Crippen LogP contribution in [-0.2, 0) is 9.47 Å². The smallest absolute Gasteiger partial charge is 0.146 e. The van der Waals surface area contributed by atoms with Crippen LogP contribution in [-0.4, -0.2) is 20.0 Å². The molecular formula is C11H14ClNO2. The lowest BCUT2D eigenvalue weighted by atomic mass is 9.95. The number of ether oxygens (including phenoxy) is 2. The average molecular weight is 228 g/mol. The first-order chi connectivity index (χ1) is 7.27. The van der Waals surface area contributed by atoms with Crippen molar-refractivity contribution >= 4 is 11.6 Å². The van der Waals surface area contributed by atoms with Gasteiger partial charge in [0.25, 0.3) is 0 Å². The van der Waals surface area contributed by atoms with Crippen molar-refractivity contribution in [2.45, 2.75) is 6.04 Å². The second-order valence-electron chi connectivity index (χ2n) is 3.70. The van der Waals surface area contributed by atoms with Crippen molar-refractivity contribution < 1.29 is 9.47 Å². The Labute approximate surface area is 94.1 Å². The number of nitrogens with two attached hydrogens (primary N) is 1. The van der Waals surface area contributed by atoms with Crippen molar-refractivity contribution in [1.29, 1.82) is 0 Å². The van der Waals surface area contributed by atoms with E-state index >= 15 is 0 Å². The lowest BCUT2D eigenvalue weighted by Gasteiger charge is -2.27. The standard InChI is InChI=1S/C11H14ClNO2/c12-10-3-1-8(2-4-10)11(13)9-5-14-7-15-6-9/h1-4,9,11H,5-7,13H2. The van der Waals surface area contributed by atoms with Crippen LogP contribution in [0.5, 0.6) is 0 Å². The summed E-state index contributed by atoms with van der Waals surface area (Å²) in [5.41, 5.74) is 7.18. The Morgan fingerprint density at radius 1 is 1.20 bits per heavy atom. The molecule has 3 nitrogen and oxygen atoms in total. The topological polar surface area (TPSA) is 44.5 Å². The van der Waals surface area contributed by atoms with E-state index in [0.717, 1.165) is 10.6 Å². The van der Waals surface area contributed by atoms with E-state index in [-0.39, 0.29) is 12.0 Å². The monoisotopic (exact) mass is 227 g/mol. The van der Waals surface area contributed by atoms with Gasteiger partial charge < -0.3 is 15.2 Å². The van der Waals surface area contributed by atoms with Gasteiger partial charge in [-0.2, -0.15) is 0 Å². The summed E-state index contributed by atoms with van der Waals surface area (Å²) in [7, 11) is 0. The van der Waals surface area contributed by atoms with Crippen LogP contribution in [0.1, 0.15) is 11.6 Å². The van der Waals surface area contributed by atoms with Crippen LogP contribution in [0.2, 0.25) is 5.02 Å². The summed E-state index contributed by atoms with van der Waals surface area (Å²) in [6, 6.07) is 7.54. The third-order valence-electron chi connectivity index (χ3n) is 2.59. The van der Waals surface area contributed by atoms with Gasteiger partial charge in [-0.15, -0.1) is 0 Å². The van der Waals surface area contributed by atoms with Gasteiger partial charge in [0, 0.05) is 17.0 Å². The van der Waals surface area contributed by atoms with E-state index in [1.807, 2.05) is 24.3 Å². The van der Waals surface area contributed by atoms with Crippen LogP contribution in [0.3, 0.4) is 0 Å². The quantitative estimate of drug-likeness (QED) is 0.840. The molecule has 0 amide bonds. The number of hydrogen-bond acceptors (Lipinski definition) is 3. The summed E-state index contributed by atoms with van der Waals surface area (Å²) in [5, 5.41) is 0.724. The second kappa shape index (κ2) is 4.94. The van der Waals surface area contributed by atoms with Crippen LogP contribution in [0.15, 0.2) is 24.3 Å². The van der Waals surface area contributed by atoms with Gasteiger partial charge in [0.1, 0.15) is 6.79 Å². The molecule has 0 bridgehead atoms. The fraction of sp³-hybridized carbons (Fsp3) is 0.455. The maximum atomic E-state index is 6.12. The molecule has 4 heteroatoms. The number of halogens is 1. The van der Waals surface area contributed by atoms with Gasteiger partial charge in [0.2, 0.25) is 0 Å². The predicted octanol–water partition coefficient (Wildman–Crippen LogP) is 1.96. The Kier molecular flexibility index (Phi) is 3.59. The molecule has 15 heavy (non-hydrogen) atoms. The highest BCUT2D eigenvalue weighted by Gasteiger charge is 2.22. The van der Waals surface area contributed by atoms with Gasteiger partial charge in [0.05, 0.1) is 13.2 Å². The molecule has 0 saturated carbocycles. The van der Waals surface area contributed by atoms with Crippen molar-refractivity contribution in [3.8, 4) is 0 Å². The molecule has 1 aromatic carbocycles. The Balaban J connectivity index is 2.05. The third-order valence-corrected chi connectivity index (χ3v) is 2.85. The molecule has 1 aliphatic rings. The molecular weight excluding hydrogens is 214 g/mol. The zero-order valence-corrected chi connectivity index (χ0v) is 9.11. The highest BCUT2D eigenvalue weighted by atomic mass is 35.5. The SMILES string of the molecule is NC(c1ccc(Cl)cc1)C1COCOC1. The number of benzene rings is 1. The van der Waals surface area contributed by atoms with Gasteiger partial charge in [0.15, 0.2) is 0 Å². The molecule has 0 aromatic heterocycles. The van der Waals surface area contributed by atoms with Crippen molar-refractivity contribution in [2.75, 3.05) is 20.0 Å². The van der Waals surface area contributed by atoms with E-state index < -0.39 is 0 Å². The molecule has 2 rings (SSSR count). The highest BCUT2D eigenvalue weighted by Crippen LogP contribution is 2.23. The van der Waals surface area contributed by atoms with E-state index in [0.29, 0.717) is 20.0 Å². The molecule has 0 radical (unpaired) electrons. The second-order valence-corrected chi connectivity index (χ2v) is 4.13. The molecule has 1 aliphatic heterocycles. The van der Waals surface area contributed by atoms with Crippen LogP contribution >= 0.6 is 11.6 Å². The summed E-state index contributed by atoms with van der Waals surface area (Å²) in [4.78, 5) is 0.